The Hall–Kier alpha value is -0.900. The first-order valence-electron chi connectivity index (χ1n) is 5.88. The highest BCUT2D eigenvalue weighted by molar-refractivity contribution is 5.14. The third kappa shape index (κ3) is 2.61. The molecule has 0 saturated carbocycles. The van der Waals surface area contributed by atoms with Crippen molar-refractivity contribution in [3.05, 3.63) is 35.9 Å². The van der Waals surface area contributed by atoms with Gasteiger partial charge in [-0.2, -0.15) is 0 Å². The van der Waals surface area contributed by atoms with Crippen LogP contribution in [0.15, 0.2) is 30.3 Å². The van der Waals surface area contributed by atoms with Crippen molar-refractivity contribution in [3.63, 3.8) is 0 Å². The molecule has 16 heavy (non-hydrogen) atoms. The average molecular weight is 221 g/mol. The summed E-state index contributed by atoms with van der Waals surface area (Å²) in [5, 5.41) is 18.7. The van der Waals surface area contributed by atoms with E-state index in [0.717, 1.165) is 25.9 Å². The van der Waals surface area contributed by atoms with Crippen LogP contribution in [0.2, 0.25) is 0 Å². The molecular weight excluding hydrogens is 202 g/mol. The molecule has 2 atom stereocenters. The molecule has 1 saturated heterocycles. The van der Waals surface area contributed by atoms with Crippen LogP contribution in [0.25, 0.3) is 0 Å². The van der Waals surface area contributed by atoms with Gasteiger partial charge in [-0.3, -0.25) is 4.90 Å². The van der Waals surface area contributed by atoms with E-state index in [1.807, 2.05) is 18.2 Å². The second-order valence-corrected chi connectivity index (χ2v) is 4.42. The summed E-state index contributed by atoms with van der Waals surface area (Å²) < 4.78 is 0. The van der Waals surface area contributed by atoms with Gasteiger partial charge in [-0.15, -0.1) is 0 Å². The lowest BCUT2D eigenvalue weighted by atomic mass is 10.1. The highest BCUT2D eigenvalue weighted by Gasteiger charge is 2.29. The van der Waals surface area contributed by atoms with Gasteiger partial charge in [0.25, 0.3) is 0 Å². The normalized spacial score (nSPS) is 23.5. The van der Waals surface area contributed by atoms with Gasteiger partial charge in [0.05, 0.1) is 12.7 Å². The molecule has 1 fully saturated rings. The maximum Gasteiger partial charge on any atom is 0.0925 e. The number of aliphatic hydroxyl groups excluding tert-OH is 2. The highest BCUT2D eigenvalue weighted by Crippen LogP contribution is 2.22. The first kappa shape index (κ1) is 11.6. The van der Waals surface area contributed by atoms with Gasteiger partial charge in [-0.05, 0) is 24.9 Å². The van der Waals surface area contributed by atoms with Crippen LogP contribution in [0.3, 0.4) is 0 Å². The van der Waals surface area contributed by atoms with Crippen LogP contribution < -0.4 is 0 Å². The third-order valence-electron chi connectivity index (χ3n) is 3.27. The predicted molar refractivity (Wildman–Crippen MR) is 63.0 cm³/mol. The Morgan fingerprint density at radius 2 is 2.06 bits per heavy atom. The molecule has 0 aromatic heterocycles. The summed E-state index contributed by atoms with van der Waals surface area (Å²) in [7, 11) is 0. The summed E-state index contributed by atoms with van der Waals surface area (Å²) in [6, 6.07) is 10.4. The van der Waals surface area contributed by atoms with Crippen LogP contribution in [-0.4, -0.2) is 40.4 Å². The largest absolute Gasteiger partial charge is 0.394 e. The van der Waals surface area contributed by atoms with E-state index >= 15 is 0 Å². The van der Waals surface area contributed by atoms with E-state index in [2.05, 4.69) is 17.0 Å². The Morgan fingerprint density at radius 1 is 1.31 bits per heavy atom. The zero-order valence-electron chi connectivity index (χ0n) is 9.42. The van der Waals surface area contributed by atoms with Crippen LogP contribution in [0.5, 0.6) is 0 Å². The minimum Gasteiger partial charge on any atom is -0.394 e. The second-order valence-electron chi connectivity index (χ2n) is 4.42. The molecule has 1 aromatic carbocycles. The molecule has 2 N–H and O–H groups in total. The van der Waals surface area contributed by atoms with Crippen LogP contribution in [-0.2, 0) is 6.54 Å². The van der Waals surface area contributed by atoms with E-state index in [0.29, 0.717) is 0 Å². The highest BCUT2D eigenvalue weighted by atomic mass is 16.3. The van der Waals surface area contributed by atoms with E-state index in [1.54, 1.807) is 0 Å². The van der Waals surface area contributed by atoms with Crippen molar-refractivity contribution in [1.82, 2.24) is 4.90 Å². The van der Waals surface area contributed by atoms with E-state index < -0.39 is 6.10 Å². The number of benzene rings is 1. The van der Waals surface area contributed by atoms with E-state index in [9.17, 15) is 5.11 Å². The first-order valence-corrected chi connectivity index (χ1v) is 5.88. The van der Waals surface area contributed by atoms with Crippen molar-refractivity contribution in [3.8, 4) is 0 Å². The molecule has 1 aromatic rings. The van der Waals surface area contributed by atoms with Gasteiger partial charge in [0, 0.05) is 12.6 Å². The van der Waals surface area contributed by atoms with Crippen LogP contribution in [0, 0.1) is 0 Å². The molecular formula is C13H19NO2. The molecule has 0 aliphatic carbocycles. The number of likely N-dealkylation sites (tertiary alicyclic amines) is 1. The summed E-state index contributed by atoms with van der Waals surface area (Å²) in [5.74, 6) is 0. The molecule has 0 bridgehead atoms. The lowest BCUT2D eigenvalue weighted by molar-refractivity contribution is 0.0250. The smallest absolute Gasteiger partial charge is 0.0925 e. The number of nitrogens with zero attached hydrogens (tertiary/aromatic N) is 1. The standard InChI is InChI=1S/C13H19NO2/c15-10-13(16)12-7-4-8-14(12)9-11-5-2-1-3-6-11/h1-3,5-6,12-13,15-16H,4,7-10H2. The monoisotopic (exact) mass is 221 g/mol. The molecule has 3 nitrogen and oxygen atoms in total. The van der Waals surface area contributed by atoms with E-state index in [-0.39, 0.29) is 12.6 Å². The zero-order chi connectivity index (χ0) is 11.4. The Kier molecular flexibility index (Phi) is 3.93. The van der Waals surface area contributed by atoms with Crippen molar-refractivity contribution < 1.29 is 10.2 Å². The molecule has 2 unspecified atom stereocenters. The first-order chi connectivity index (χ1) is 7.81. The Morgan fingerprint density at radius 3 is 2.75 bits per heavy atom. The fourth-order valence-corrected chi connectivity index (χ4v) is 2.42. The fourth-order valence-electron chi connectivity index (χ4n) is 2.42. The van der Waals surface area contributed by atoms with Crippen LogP contribution in [0.1, 0.15) is 18.4 Å². The molecule has 1 aliphatic rings. The average Bonchev–Trinajstić information content (AvgIpc) is 2.77. The molecule has 1 aliphatic heterocycles. The SMILES string of the molecule is OCC(O)C1CCCN1Cc1ccccc1. The van der Waals surface area contributed by atoms with E-state index in [1.165, 1.54) is 5.56 Å². The lowest BCUT2D eigenvalue weighted by Crippen LogP contribution is -2.40. The van der Waals surface area contributed by atoms with Gasteiger partial charge >= 0.3 is 0 Å². The fraction of sp³-hybridized carbons (Fsp3) is 0.538. The van der Waals surface area contributed by atoms with Gasteiger partial charge < -0.3 is 10.2 Å². The Bertz CT molecular complexity index is 315. The number of hydrogen-bond acceptors (Lipinski definition) is 3. The van der Waals surface area contributed by atoms with Crippen molar-refractivity contribution >= 4 is 0 Å². The Labute approximate surface area is 96.3 Å². The number of hydrogen-bond donors (Lipinski definition) is 2. The molecule has 88 valence electrons. The van der Waals surface area contributed by atoms with Gasteiger partial charge in [-0.1, -0.05) is 30.3 Å². The summed E-state index contributed by atoms with van der Waals surface area (Å²) in [4.78, 5) is 2.26. The minimum atomic E-state index is -0.605. The van der Waals surface area contributed by atoms with Gasteiger partial charge in [0.2, 0.25) is 0 Å². The number of aliphatic hydroxyl groups is 2. The minimum absolute atomic E-state index is 0.116. The summed E-state index contributed by atoms with van der Waals surface area (Å²) in [5.41, 5.74) is 1.26. The van der Waals surface area contributed by atoms with E-state index in [4.69, 9.17) is 5.11 Å². The molecule has 0 radical (unpaired) electrons. The maximum atomic E-state index is 9.71. The van der Waals surface area contributed by atoms with Crippen LogP contribution in [0.4, 0.5) is 0 Å². The quantitative estimate of drug-likeness (QED) is 0.797. The lowest BCUT2D eigenvalue weighted by Gasteiger charge is -2.27. The molecule has 0 amide bonds. The maximum absolute atomic E-state index is 9.71. The summed E-state index contributed by atoms with van der Waals surface area (Å²) in [6.45, 7) is 1.73. The van der Waals surface area contributed by atoms with Crippen molar-refractivity contribution in [2.24, 2.45) is 0 Å². The third-order valence-corrected chi connectivity index (χ3v) is 3.27. The molecule has 1 heterocycles. The van der Waals surface area contributed by atoms with Gasteiger partial charge in [0.15, 0.2) is 0 Å². The number of rotatable bonds is 4. The molecule has 3 heteroatoms. The van der Waals surface area contributed by atoms with Crippen molar-refractivity contribution in [2.45, 2.75) is 31.5 Å². The van der Waals surface area contributed by atoms with Crippen molar-refractivity contribution in [1.29, 1.82) is 0 Å². The topological polar surface area (TPSA) is 43.7 Å². The Balaban J connectivity index is 1.99. The second kappa shape index (κ2) is 5.43. The predicted octanol–water partition coefficient (Wildman–Crippen LogP) is 1.00. The van der Waals surface area contributed by atoms with Gasteiger partial charge in [-0.25, -0.2) is 0 Å². The van der Waals surface area contributed by atoms with Crippen molar-refractivity contribution in [2.75, 3.05) is 13.2 Å². The summed E-state index contributed by atoms with van der Waals surface area (Å²) >= 11 is 0. The zero-order valence-corrected chi connectivity index (χ0v) is 9.42. The van der Waals surface area contributed by atoms with Crippen LogP contribution >= 0.6 is 0 Å². The molecule has 2 rings (SSSR count). The van der Waals surface area contributed by atoms with Gasteiger partial charge in [0.1, 0.15) is 0 Å². The summed E-state index contributed by atoms with van der Waals surface area (Å²) in [6.07, 6.45) is 1.48. The molecule has 0 spiro atoms.